The van der Waals surface area contributed by atoms with E-state index in [0.29, 0.717) is 28.5 Å². The van der Waals surface area contributed by atoms with E-state index in [-0.39, 0.29) is 18.1 Å². The zero-order valence-electron chi connectivity index (χ0n) is 15.2. The van der Waals surface area contributed by atoms with Crippen LogP contribution < -0.4 is 5.43 Å². The number of amides is 1. The van der Waals surface area contributed by atoms with Gasteiger partial charge in [-0.25, -0.2) is 4.98 Å². The molecule has 0 unspecified atom stereocenters. The van der Waals surface area contributed by atoms with Gasteiger partial charge in [0.25, 0.3) is 5.91 Å². The number of aliphatic hydroxyl groups is 1. The summed E-state index contributed by atoms with van der Waals surface area (Å²) >= 11 is 0. The lowest BCUT2D eigenvalue weighted by Crippen LogP contribution is -2.44. The van der Waals surface area contributed by atoms with Gasteiger partial charge in [0.05, 0.1) is 23.1 Å². The Morgan fingerprint density at radius 1 is 1.33 bits per heavy atom. The average Bonchev–Trinajstić information content (AvgIpc) is 3.22. The fraction of sp³-hybridized carbons (Fsp3) is 0.211. The third-order valence-electron chi connectivity index (χ3n) is 4.64. The van der Waals surface area contributed by atoms with Crippen LogP contribution in [0.2, 0.25) is 0 Å². The quantitative estimate of drug-likeness (QED) is 0.661. The lowest BCUT2D eigenvalue weighted by molar-refractivity contribution is 0.0873. The van der Waals surface area contributed by atoms with Gasteiger partial charge in [-0.2, -0.15) is 0 Å². The number of rotatable bonds is 3. The number of amidine groups is 1. The molecule has 3 heterocycles. The number of aryl methyl sites for hydroxylation is 3. The van der Waals surface area contributed by atoms with Crippen LogP contribution in [0.1, 0.15) is 27.7 Å². The SMILES string of the molecule is Cc1cc(C(=O)NN2CC(O)=C(c3nc4ccccc4n3C)C2=N)c(C)o1. The second kappa shape index (κ2) is 6.01. The van der Waals surface area contributed by atoms with Crippen molar-refractivity contribution in [2.24, 2.45) is 7.05 Å². The van der Waals surface area contributed by atoms with Crippen molar-refractivity contribution in [1.29, 1.82) is 5.41 Å². The lowest BCUT2D eigenvalue weighted by Gasteiger charge is -2.19. The minimum absolute atomic E-state index is 0.000999. The highest BCUT2D eigenvalue weighted by Crippen LogP contribution is 2.28. The molecule has 27 heavy (non-hydrogen) atoms. The zero-order chi connectivity index (χ0) is 19.3. The number of aromatic nitrogens is 2. The third-order valence-corrected chi connectivity index (χ3v) is 4.64. The van der Waals surface area contributed by atoms with Gasteiger partial charge in [0, 0.05) is 7.05 Å². The van der Waals surface area contributed by atoms with Gasteiger partial charge in [-0.1, -0.05) is 12.1 Å². The fourth-order valence-corrected chi connectivity index (χ4v) is 3.32. The molecule has 0 radical (unpaired) electrons. The smallest absolute Gasteiger partial charge is 0.273 e. The van der Waals surface area contributed by atoms with E-state index in [0.717, 1.165) is 11.0 Å². The predicted octanol–water partition coefficient (Wildman–Crippen LogP) is 2.69. The van der Waals surface area contributed by atoms with Crippen LogP contribution in [0.5, 0.6) is 0 Å². The van der Waals surface area contributed by atoms with Gasteiger partial charge in [0.1, 0.15) is 28.7 Å². The van der Waals surface area contributed by atoms with Crippen LogP contribution in [0, 0.1) is 19.3 Å². The minimum Gasteiger partial charge on any atom is -0.509 e. The number of hydrazine groups is 1. The maximum Gasteiger partial charge on any atom is 0.273 e. The molecule has 0 aliphatic carbocycles. The van der Waals surface area contributed by atoms with Crippen molar-refractivity contribution in [3.05, 3.63) is 59.0 Å². The number of benzene rings is 1. The summed E-state index contributed by atoms with van der Waals surface area (Å²) in [6.07, 6.45) is 0. The Bertz CT molecular complexity index is 1120. The summed E-state index contributed by atoms with van der Waals surface area (Å²) in [7, 11) is 1.83. The van der Waals surface area contributed by atoms with E-state index in [1.54, 1.807) is 19.9 Å². The molecule has 3 N–H and O–H groups in total. The Balaban J connectivity index is 1.62. The molecule has 8 heteroatoms. The van der Waals surface area contributed by atoms with Crippen LogP contribution in [0.3, 0.4) is 0 Å². The first-order valence-corrected chi connectivity index (χ1v) is 8.45. The molecule has 8 nitrogen and oxygen atoms in total. The molecular weight excluding hydrogens is 346 g/mol. The minimum atomic E-state index is -0.395. The molecule has 1 amide bonds. The van der Waals surface area contributed by atoms with Crippen molar-refractivity contribution in [3.63, 3.8) is 0 Å². The Morgan fingerprint density at radius 3 is 2.74 bits per heavy atom. The van der Waals surface area contributed by atoms with Gasteiger partial charge in [-0.3, -0.25) is 20.6 Å². The first kappa shape index (κ1) is 16.9. The average molecular weight is 365 g/mol. The van der Waals surface area contributed by atoms with E-state index in [1.807, 2.05) is 35.9 Å². The maximum atomic E-state index is 12.5. The van der Waals surface area contributed by atoms with Crippen LogP contribution in [0.25, 0.3) is 16.6 Å². The number of carbonyl (C=O) groups is 1. The Morgan fingerprint density at radius 2 is 2.07 bits per heavy atom. The standard InChI is InChI=1S/C19H19N5O3/c1-10-8-12(11(2)27-10)19(26)22-24-9-15(25)16(17(24)20)18-21-13-6-4-5-7-14(13)23(18)3/h4-8,20,25H,9H2,1-3H3,(H,22,26). The second-order valence-electron chi connectivity index (χ2n) is 6.51. The highest BCUT2D eigenvalue weighted by atomic mass is 16.3. The molecule has 2 aromatic heterocycles. The number of imidazole rings is 1. The monoisotopic (exact) mass is 365 g/mol. The molecule has 4 rings (SSSR count). The van der Waals surface area contributed by atoms with Crippen LogP contribution in [0.15, 0.2) is 40.5 Å². The van der Waals surface area contributed by atoms with E-state index in [4.69, 9.17) is 9.83 Å². The molecule has 0 atom stereocenters. The number of fused-ring (bicyclic) bond motifs is 1. The Kier molecular flexibility index (Phi) is 3.76. The van der Waals surface area contributed by atoms with Crippen LogP contribution in [0.4, 0.5) is 0 Å². The van der Waals surface area contributed by atoms with E-state index >= 15 is 0 Å². The molecule has 1 aliphatic heterocycles. The number of hydrogen-bond acceptors (Lipinski definition) is 5. The first-order chi connectivity index (χ1) is 12.9. The van der Waals surface area contributed by atoms with E-state index < -0.39 is 5.91 Å². The van der Waals surface area contributed by atoms with Crippen LogP contribution in [-0.2, 0) is 7.05 Å². The van der Waals surface area contributed by atoms with Gasteiger partial charge in [0.15, 0.2) is 5.84 Å². The van der Waals surface area contributed by atoms with E-state index in [1.165, 1.54) is 5.01 Å². The lowest BCUT2D eigenvalue weighted by atomic mass is 10.2. The molecule has 3 aromatic rings. The highest BCUT2D eigenvalue weighted by Gasteiger charge is 2.33. The maximum absolute atomic E-state index is 12.5. The van der Waals surface area contributed by atoms with Crippen LogP contribution >= 0.6 is 0 Å². The van der Waals surface area contributed by atoms with Gasteiger partial charge < -0.3 is 14.1 Å². The van der Waals surface area contributed by atoms with Gasteiger partial charge in [-0.05, 0) is 32.0 Å². The fourth-order valence-electron chi connectivity index (χ4n) is 3.32. The largest absolute Gasteiger partial charge is 0.509 e. The van der Waals surface area contributed by atoms with Gasteiger partial charge >= 0.3 is 0 Å². The molecule has 0 spiro atoms. The first-order valence-electron chi connectivity index (χ1n) is 8.45. The highest BCUT2D eigenvalue weighted by molar-refractivity contribution is 6.23. The van der Waals surface area contributed by atoms with E-state index in [2.05, 4.69) is 10.4 Å². The van der Waals surface area contributed by atoms with Crippen molar-refractivity contribution in [1.82, 2.24) is 20.0 Å². The predicted molar refractivity (Wildman–Crippen MR) is 100 cm³/mol. The number of nitrogens with zero attached hydrogens (tertiary/aromatic N) is 3. The second-order valence-corrected chi connectivity index (χ2v) is 6.51. The molecular formula is C19H19N5O3. The Hall–Kier alpha value is -3.55. The molecule has 1 aliphatic rings. The summed E-state index contributed by atoms with van der Waals surface area (Å²) in [4.78, 5) is 17.0. The summed E-state index contributed by atoms with van der Waals surface area (Å²) < 4.78 is 7.21. The van der Waals surface area contributed by atoms with Crippen molar-refractivity contribution >= 4 is 28.3 Å². The zero-order valence-corrected chi connectivity index (χ0v) is 15.2. The Labute approximate surface area is 155 Å². The molecule has 138 valence electrons. The normalized spacial score (nSPS) is 14.5. The number of furan rings is 1. The summed E-state index contributed by atoms with van der Waals surface area (Å²) in [5, 5.41) is 20.2. The van der Waals surface area contributed by atoms with Gasteiger partial charge in [0.2, 0.25) is 0 Å². The summed E-state index contributed by atoms with van der Waals surface area (Å²) in [5.41, 5.74) is 5.02. The number of para-hydroxylation sites is 2. The summed E-state index contributed by atoms with van der Waals surface area (Å²) in [5.74, 6) is 1.19. The number of nitrogens with one attached hydrogen (secondary N) is 2. The third kappa shape index (κ3) is 2.66. The van der Waals surface area contributed by atoms with E-state index in [9.17, 15) is 9.90 Å². The number of aliphatic hydroxyl groups excluding tert-OH is 1. The molecule has 0 saturated carbocycles. The summed E-state index contributed by atoms with van der Waals surface area (Å²) in [6.45, 7) is 3.47. The molecule has 1 aromatic carbocycles. The number of hydrogen-bond donors (Lipinski definition) is 3. The van der Waals surface area contributed by atoms with Gasteiger partial charge in [-0.15, -0.1) is 0 Å². The van der Waals surface area contributed by atoms with Crippen molar-refractivity contribution in [3.8, 4) is 0 Å². The number of carbonyl (C=O) groups excluding carboxylic acids is 1. The van der Waals surface area contributed by atoms with Crippen molar-refractivity contribution in [2.75, 3.05) is 6.54 Å². The molecule has 0 saturated heterocycles. The summed E-state index contributed by atoms with van der Waals surface area (Å²) in [6, 6.07) is 9.23. The van der Waals surface area contributed by atoms with Crippen LogP contribution in [-0.4, -0.2) is 38.0 Å². The van der Waals surface area contributed by atoms with Crippen molar-refractivity contribution in [2.45, 2.75) is 13.8 Å². The van der Waals surface area contributed by atoms with Crippen molar-refractivity contribution < 1.29 is 14.3 Å². The topological polar surface area (TPSA) is 107 Å². The molecule has 0 bridgehead atoms. The molecule has 0 fully saturated rings.